The van der Waals surface area contributed by atoms with Gasteiger partial charge in [-0.2, -0.15) is 0 Å². The molecule has 0 fully saturated rings. The number of carbonyl (C=O) groups is 3. The van der Waals surface area contributed by atoms with Gasteiger partial charge in [-0.3, -0.25) is 14.4 Å². The summed E-state index contributed by atoms with van der Waals surface area (Å²) in [5.74, 6) is -0.882. The molecule has 0 N–H and O–H groups in total. The van der Waals surface area contributed by atoms with Gasteiger partial charge in [0.05, 0.1) is 0 Å². The van der Waals surface area contributed by atoms with Crippen molar-refractivity contribution in [1.29, 1.82) is 0 Å². The Balaban J connectivity index is 3.90. The van der Waals surface area contributed by atoms with Crippen LogP contribution in [0.2, 0.25) is 0 Å². The van der Waals surface area contributed by atoms with Crippen LogP contribution >= 0.6 is 0 Å². The van der Waals surface area contributed by atoms with Crippen LogP contribution in [-0.4, -0.2) is 37.2 Å². The van der Waals surface area contributed by atoms with Gasteiger partial charge < -0.3 is 14.2 Å². The molecule has 6 nitrogen and oxygen atoms in total. The molecule has 0 aromatic rings. The highest BCUT2D eigenvalue weighted by Crippen LogP contribution is 2.15. The zero-order chi connectivity index (χ0) is 47.2. The van der Waals surface area contributed by atoms with Crippen molar-refractivity contribution in [2.45, 2.75) is 271 Å². The second-order valence-electron chi connectivity index (χ2n) is 18.1. The Morgan fingerprint density at radius 2 is 0.600 bits per heavy atom. The van der Waals surface area contributed by atoms with E-state index in [9.17, 15) is 14.4 Å². The Morgan fingerprint density at radius 3 is 0.938 bits per heavy atom. The zero-order valence-electron chi connectivity index (χ0n) is 42.7. The second-order valence-corrected chi connectivity index (χ2v) is 18.1. The molecule has 0 aliphatic carbocycles. The highest BCUT2D eigenvalue weighted by molar-refractivity contribution is 5.71. The summed E-state index contributed by atoms with van der Waals surface area (Å²) in [6.07, 6.45) is 68.1. The highest BCUT2D eigenvalue weighted by Gasteiger charge is 2.19. The lowest BCUT2D eigenvalue weighted by molar-refractivity contribution is -0.167. The van der Waals surface area contributed by atoms with Crippen molar-refractivity contribution in [3.63, 3.8) is 0 Å². The zero-order valence-corrected chi connectivity index (χ0v) is 42.7. The molecule has 1 unspecified atom stereocenters. The van der Waals surface area contributed by atoms with Crippen molar-refractivity contribution in [2.24, 2.45) is 0 Å². The molecule has 0 heterocycles. The molecule has 0 amide bonds. The molecule has 6 heteroatoms. The molecule has 1 atom stereocenters. The smallest absolute Gasteiger partial charge is 0.306 e. The number of hydrogen-bond acceptors (Lipinski definition) is 6. The number of hydrogen-bond donors (Lipinski definition) is 0. The molecule has 0 radical (unpaired) electrons. The molecule has 0 rings (SSSR count). The van der Waals surface area contributed by atoms with E-state index in [2.05, 4.69) is 93.7 Å². The van der Waals surface area contributed by atoms with Crippen molar-refractivity contribution < 1.29 is 28.6 Å². The molecular weight excluding hydrogens is 805 g/mol. The first kappa shape index (κ1) is 61.9. The van der Waals surface area contributed by atoms with Gasteiger partial charge in [-0.25, -0.2) is 0 Å². The van der Waals surface area contributed by atoms with Gasteiger partial charge in [0.15, 0.2) is 6.10 Å². The topological polar surface area (TPSA) is 78.9 Å². The Hall–Kier alpha value is -3.15. The molecule has 374 valence electrons. The molecule has 0 aromatic carbocycles. The van der Waals surface area contributed by atoms with Crippen molar-refractivity contribution in [2.75, 3.05) is 13.2 Å². The van der Waals surface area contributed by atoms with Gasteiger partial charge in [0, 0.05) is 19.3 Å². The molecule has 0 bridgehead atoms. The third-order valence-corrected chi connectivity index (χ3v) is 11.7. The maximum Gasteiger partial charge on any atom is 0.306 e. The summed E-state index contributed by atoms with van der Waals surface area (Å²) in [6.45, 7) is 6.44. The number of rotatable bonds is 49. The summed E-state index contributed by atoms with van der Waals surface area (Å²) in [5.41, 5.74) is 0. The second kappa shape index (κ2) is 53.5. The Bertz CT molecular complexity index is 1230. The Kier molecular flexibility index (Phi) is 50.9. The Morgan fingerprint density at radius 1 is 0.323 bits per heavy atom. The van der Waals surface area contributed by atoms with Crippen molar-refractivity contribution >= 4 is 17.9 Å². The number of esters is 3. The van der Waals surface area contributed by atoms with Crippen molar-refractivity contribution in [3.05, 3.63) is 72.9 Å². The summed E-state index contributed by atoms with van der Waals surface area (Å²) < 4.78 is 16.6. The lowest BCUT2D eigenvalue weighted by Gasteiger charge is -2.18. The average Bonchev–Trinajstić information content (AvgIpc) is 3.30. The van der Waals surface area contributed by atoms with E-state index >= 15 is 0 Å². The van der Waals surface area contributed by atoms with Crippen molar-refractivity contribution in [3.8, 4) is 0 Å². The first-order chi connectivity index (χ1) is 32.0. The van der Waals surface area contributed by atoms with Gasteiger partial charge in [-0.05, 0) is 70.6 Å². The van der Waals surface area contributed by atoms with Crippen LogP contribution in [0.25, 0.3) is 0 Å². The van der Waals surface area contributed by atoms with E-state index < -0.39 is 6.10 Å². The van der Waals surface area contributed by atoms with E-state index in [1.807, 2.05) is 0 Å². The quantitative estimate of drug-likeness (QED) is 0.0262. The maximum atomic E-state index is 12.6. The van der Waals surface area contributed by atoms with Crippen LogP contribution in [-0.2, 0) is 28.6 Å². The number of unbranched alkanes of at least 4 members (excludes halogenated alkanes) is 26. The Labute approximate surface area is 402 Å². The van der Waals surface area contributed by atoms with Crippen LogP contribution in [0.5, 0.6) is 0 Å². The van der Waals surface area contributed by atoms with Gasteiger partial charge in [0.2, 0.25) is 0 Å². The first-order valence-electron chi connectivity index (χ1n) is 27.4. The molecule has 0 spiro atoms. The normalized spacial score (nSPS) is 12.6. The minimum Gasteiger partial charge on any atom is -0.462 e. The van der Waals surface area contributed by atoms with E-state index in [-0.39, 0.29) is 31.1 Å². The van der Waals surface area contributed by atoms with Gasteiger partial charge in [0.25, 0.3) is 0 Å². The molecule has 65 heavy (non-hydrogen) atoms. The van der Waals surface area contributed by atoms with Gasteiger partial charge >= 0.3 is 17.9 Å². The third kappa shape index (κ3) is 51.7. The fourth-order valence-electron chi connectivity index (χ4n) is 7.62. The predicted octanol–water partition coefficient (Wildman–Crippen LogP) is 18.2. The molecule has 0 aromatic heterocycles. The van der Waals surface area contributed by atoms with Crippen molar-refractivity contribution in [1.82, 2.24) is 0 Å². The average molecular weight is 907 g/mol. The number of allylic oxidation sites excluding steroid dienone is 12. The van der Waals surface area contributed by atoms with Crippen LogP contribution in [0.4, 0.5) is 0 Å². The molecule has 0 saturated carbocycles. The van der Waals surface area contributed by atoms with Crippen LogP contribution in [0.15, 0.2) is 72.9 Å². The summed E-state index contributed by atoms with van der Waals surface area (Å²) in [7, 11) is 0. The van der Waals surface area contributed by atoms with E-state index in [4.69, 9.17) is 14.2 Å². The van der Waals surface area contributed by atoms with E-state index in [0.29, 0.717) is 19.3 Å². The van der Waals surface area contributed by atoms with Crippen LogP contribution in [0.3, 0.4) is 0 Å². The SMILES string of the molecule is CC/C=C\C/C=C\C/C=C\C/C=C\C/C=C\C/C=C\CCCCCCCCCCCCCCCCC(=O)OCC(COC(=O)CCCCCCCCC)OC(=O)CCCCCCCCC. The number of carbonyl (C=O) groups excluding carboxylic acids is 3. The van der Waals surface area contributed by atoms with E-state index in [1.54, 1.807) is 0 Å². The fraction of sp³-hybridized carbons (Fsp3) is 0.746. The van der Waals surface area contributed by atoms with Crippen LogP contribution < -0.4 is 0 Å². The summed E-state index contributed by atoms with van der Waals surface area (Å²) in [4.78, 5) is 37.6. The molecule has 0 saturated heterocycles. The lowest BCUT2D eigenvalue weighted by Crippen LogP contribution is -2.30. The fourth-order valence-corrected chi connectivity index (χ4v) is 7.62. The van der Waals surface area contributed by atoms with E-state index in [0.717, 1.165) is 96.3 Å². The minimum atomic E-state index is -0.765. The van der Waals surface area contributed by atoms with Crippen LogP contribution in [0, 0.1) is 0 Å². The van der Waals surface area contributed by atoms with Gasteiger partial charge in [-0.15, -0.1) is 0 Å². The monoisotopic (exact) mass is 907 g/mol. The largest absolute Gasteiger partial charge is 0.462 e. The molecule has 0 aliphatic rings. The van der Waals surface area contributed by atoms with E-state index in [1.165, 1.54) is 128 Å². The molecular formula is C59H102O6. The summed E-state index contributed by atoms with van der Waals surface area (Å²) >= 11 is 0. The summed E-state index contributed by atoms with van der Waals surface area (Å²) in [6, 6.07) is 0. The predicted molar refractivity (Wildman–Crippen MR) is 279 cm³/mol. The van der Waals surface area contributed by atoms with Crippen LogP contribution in [0.1, 0.15) is 265 Å². The van der Waals surface area contributed by atoms with Gasteiger partial charge in [0.1, 0.15) is 13.2 Å². The maximum absolute atomic E-state index is 12.6. The summed E-state index contributed by atoms with van der Waals surface area (Å²) in [5, 5.41) is 0. The highest BCUT2D eigenvalue weighted by atomic mass is 16.6. The third-order valence-electron chi connectivity index (χ3n) is 11.7. The standard InChI is InChI=1S/C59H102O6/c1-4-7-10-13-16-17-18-19-20-21-22-23-24-25-26-27-28-29-30-31-32-33-34-35-36-37-38-39-40-41-44-46-49-52-58(61)64-55-56(65-59(62)53-50-47-43-15-12-9-6-3)54-63-57(60)51-48-45-42-14-11-8-5-2/h7,10,16-17,19-20,22-23,25-26,28-29,56H,4-6,8-9,11-15,18,21,24,27,30-55H2,1-3H3/b10-7-,17-16-,20-19-,23-22-,26-25-,29-28-. The number of ether oxygens (including phenoxy) is 3. The molecule has 0 aliphatic heterocycles. The first-order valence-corrected chi connectivity index (χ1v) is 27.4. The van der Waals surface area contributed by atoms with Gasteiger partial charge in [-0.1, -0.05) is 248 Å². The lowest BCUT2D eigenvalue weighted by atomic mass is 10.0. The minimum absolute atomic E-state index is 0.0717.